The number of aliphatic hydroxyl groups excluding tert-OH is 1. The molecule has 0 fully saturated rings. The second-order valence-corrected chi connectivity index (χ2v) is 2.58. The van der Waals surface area contributed by atoms with Gasteiger partial charge in [-0.1, -0.05) is 5.16 Å². The van der Waals surface area contributed by atoms with Crippen LogP contribution in [0, 0.1) is 10.1 Å². The number of hydrogen-bond acceptors (Lipinski definition) is 6. The van der Waals surface area contributed by atoms with Gasteiger partial charge < -0.3 is 14.4 Å². The summed E-state index contributed by atoms with van der Waals surface area (Å²) in [7, 11) is 0. The molecule has 0 aliphatic rings. The predicted octanol–water partition coefficient (Wildman–Crippen LogP) is 0.921. The molecule has 0 aromatic carbocycles. The second-order valence-electron chi connectivity index (χ2n) is 2.58. The van der Waals surface area contributed by atoms with Gasteiger partial charge in [-0.15, -0.1) is 0 Å². The minimum atomic E-state index is -0.635. The number of nitrogens with zero attached hydrogens (tertiary/aromatic N) is 2. The number of oxime groups is 1. The summed E-state index contributed by atoms with van der Waals surface area (Å²) in [6.45, 7) is 0.317. The van der Waals surface area contributed by atoms with Crippen molar-refractivity contribution in [1.82, 2.24) is 0 Å². The number of hydrogen-bond donors (Lipinski definition) is 1. The average molecular weight is 214 g/mol. The summed E-state index contributed by atoms with van der Waals surface area (Å²) >= 11 is 0. The zero-order chi connectivity index (χ0) is 11.1. The first kappa shape index (κ1) is 11.2. The molecule has 7 nitrogen and oxygen atoms in total. The van der Waals surface area contributed by atoms with E-state index in [1.165, 1.54) is 18.3 Å². The zero-order valence-electron chi connectivity index (χ0n) is 7.83. The number of aliphatic hydroxyl groups is 1. The third-order valence-corrected chi connectivity index (χ3v) is 1.44. The Balaban J connectivity index is 2.39. The van der Waals surface area contributed by atoms with Crippen molar-refractivity contribution in [3.63, 3.8) is 0 Å². The summed E-state index contributed by atoms with van der Waals surface area (Å²) < 4.78 is 4.77. The van der Waals surface area contributed by atoms with Crippen molar-refractivity contribution in [3.05, 3.63) is 28.0 Å². The van der Waals surface area contributed by atoms with Crippen molar-refractivity contribution in [2.24, 2.45) is 5.16 Å². The lowest BCUT2D eigenvalue weighted by Gasteiger charge is -1.93. The Hall–Kier alpha value is -1.89. The highest BCUT2D eigenvalue weighted by Gasteiger charge is 2.09. The summed E-state index contributed by atoms with van der Waals surface area (Å²) in [5.41, 5.74) is 0. The molecule has 0 radical (unpaired) electrons. The molecule has 1 aromatic heterocycles. The molecular formula is C8H10N2O5. The summed E-state index contributed by atoms with van der Waals surface area (Å²) in [5, 5.41) is 22.2. The monoisotopic (exact) mass is 214 g/mol. The van der Waals surface area contributed by atoms with E-state index in [2.05, 4.69) is 5.16 Å². The first-order chi connectivity index (χ1) is 7.24. The Labute approximate surface area is 85.1 Å². The fourth-order valence-corrected chi connectivity index (χ4v) is 0.781. The molecule has 7 heteroatoms. The number of nitro groups is 1. The van der Waals surface area contributed by atoms with Crippen molar-refractivity contribution in [3.8, 4) is 0 Å². The SMILES string of the molecule is O=[N+]([O-])c1ccc(/C=N/OCCCO)o1. The highest BCUT2D eigenvalue weighted by atomic mass is 16.7. The van der Waals surface area contributed by atoms with Gasteiger partial charge in [-0.25, -0.2) is 0 Å². The molecule has 1 rings (SSSR count). The molecule has 1 heterocycles. The third-order valence-electron chi connectivity index (χ3n) is 1.44. The molecule has 0 unspecified atom stereocenters. The predicted molar refractivity (Wildman–Crippen MR) is 50.6 cm³/mol. The van der Waals surface area contributed by atoms with Gasteiger partial charge in [0.15, 0.2) is 5.76 Å². The molecule has 82 valence electrons. The van der Waals surface area contributed by atoms with E-state index in [-0.39, 0.29) is 24.9 Å². The zero-order valence-corrected chi connectivity index (χ0v) is 7.83. The van der Waals surface area contributed by atoms with Gasteiger partial charge in [0.2, 0.25) is 0 Å². The molecule has 0 amide bonds. The van der Waals surface area contributed by atoms with Gasteiger partial charge in [-0.2, -0.15) is 0 Å². The molecule has 0 bridgehead atoms. The highest BCUT2D eigenvalue weighted by Crippen LogP contribution is 2.13. The fraction of sp³-hybridized carbons (Fsp3) is 0.375. The van der Waals surface area contributed by atoms with Crippen LogP contribution in [0.3, 0.4) is 0 Å². The molecular weight excluding hydrogens is 204 g/mol. The smallest absolute Gasteiger partial charge is 0.400 e. The first-order valence-electron chi connectivity index (χ1n) is 4.24. The molecule has 1 N–H and O–H groups in total. The Bertz CT molecular complexity index is 347. The Morgan fingerprint density at radius 3 is 3.07 bits per heavy atom. The minimum Gasteiger partial charge on any atom is -0.400 e. The lowest BCUT2D eigenvalue weighted by atomic mass is 10.5. The highest BCUT2D eigenvalue weighted by molar-refractivity contribution is 5.75. The van der Waals surface area contributed by atoms with Gasteiger partial charge in [0.1, 0.15) is 17.7 Å². The lowest BCUT2D eigenvalue weighted by Crippen LogP contribution is -1.91. The molecule has 0 aliphatic heterocycles. The van der Waals surface area contributed by atoms with Gasteiger partial charge >= 0.3 is 5.88 Å². The standard InChI is InChI=1S/C8H10N2O5/c11-4-1-5-14-9-6-7-2-3-8(15-7)10(12)13/h2-3,6,11H,1,4-5H2/b9-6+. The lowest BCUT2D eigenvalue weighted by molar-refractivity contribution is -0.402. The van der Waals surface area contributed by atoms with Crippen molar-refractivity contribution >= 4 is 12.1 Å². The summed E-state index contributed by atoms with van der Waals surface area (Å²) in [5.74, 6) is -0.0995. The Morgan fingerprint density at radius 1 is 1.67 bits per heavy atom. The van der Waals surface area contributed by atoms with Crippen molar-refractivity contribution in [2.45, 2.75) is 6.42 Å². The van der Waals surface area contributed by atoms with Crippen molar-refractivity contribution in [1.29, 1.82) is 0 Å². The summed E-state index contributed by atoms with van der Waals surface area (Å²) in [6, 6.07) is 2.64. The van der Waals surface area contributed by atoms with Crippen LogP contribution in [0.4, 0.5) is 5.88 Å². The van der Waals surface area contributed by atoms with E-state index in [0.29, 0.717) is 6.42 Å². The normalized spacial score (nSPS) is 10.7. The van der Waals surface area contributed by atoms with Gasteiger partial charge in [0.05, 0.1) is 6.07 Å². The maximum Gasteiger partial charge on any atom is 0.433 e. The molecule has 0 spiro atoms. The molecule has 0 saturated heterocycles. The van der Waals surface area contributed by atoms with E-state index in [1.54, 1.807) is 0 Å². The van der Waals surface area contributed by atoms with E-state index in [0.717, 1.165) is 0 Å². The van der Waals surface area contributed by atoms with Crippen LogP contribution in [0.25, 0.3) is 0 Å². The summed E-state index contributed by atoms with van der Waals surface area (Å²) in [4.78, 5) is 14.3. The van der Waals surface area contributed by atoms with Gasteiger partial charge in [-0.3, -0.25) is 10.1 Å². The van der Waals surface area contributed by atoms with Crippen LogP contribution in [0.15, 0.2) is 21.7 Å². The fourth-order valence-electron chi connectivity index (χ4n) is 0.781. The van der Waals surface area contributed by atoms with Crippen LogP contribution < -0.4 is 0 Å². The van der Waals surface area contributed by atoms with Gasteiger partial charge in [-0.05, 0) is 6.07 Å². The van der Waals surface area contributed by atoms with Crippen molar-refractivity contribution < 1.29 is 19.3 Å². The van der Waals surface area contributed by atoms with Crippen LogP contribution in [0.1, 0.15) is 12.2 Å². The van der Waals surface area contributed by atoms with E-state index in [4.69, 9.17) is 14.4 Å². The van der Waals surface area contributed by atoms with Gasteiger partial charge in [0.25, 0.3) is 0 Å². The third kappa shape index (κ3) is 3.77. The second kappa shape index (κ2) is 5.76. The van der Waals surface area contributed by atoms with E-state index < -0.39 is 4.92 Å². The van der Waals surface area contributed by atoms with Crippen LogP contribution in [-0.2, 0) is 4.84 Å². The van der Waals surface area contributed by atoms with Crippen LogP contribution >= 0.6 is 0 Å². The topological polar surface area (TPSA) is 98.1 Å². The Kier molecular flexibility index (Phi) is 4.30. The van der Waals surface area contributed by atoms with E-state index in [1.807, 2.05) is 0 Å². The Morgan fingerprint density at radius 2 is 2.47 bits per heavy atom. The number of furan rings is 1. The average Bonchev–Trinajstić information content (AvgIpc) is 2.66. The number of rotatable bonds is 6. The van der Waals surface area contributed by atoms with E-state index in [9.17, 15) is 10.1 Å². The molecule has 1 aromatic rings. The van der Waals surface area contributed by atoms with Crippen LogP contribution in [0.5, 0.6) is 0 Å². The summed E-state index contributed by atoms with van der Waals surface area (Å²) in [6.07, 6.45) is 1.71. The maximum absolute atomic E-state index is 10.2. The quantitative estimate of drug-likeness (QED) is 0.328. The van der Waals surface area contributed by atoms with E-state index >= 15 is 0 Å². The minimum absolute atomic E-state index is 0.0295. The molecule has 0 atom stereocenters. The first-order valence-corrected chi connectivity index (χ1v) is 4.24. The largest absolute Gasteiger partial charge is 0.433 e. The molecule has 0 aliphatic carbocycles. The molecule has 15 heavy (non-hydrogen) atoms. The van der Waals surface area contributed by atoms with Crippen LogP contribution in [0.2, 0.25) is 0 Å². The molecule has 0 saturated carbocycles. The van der Waals surface area contributed by atoms with Gasteiger partial charge in [0, 0.05) is 13.0 Å². The maximum atomic E-state index is 10.2. The van der Waals surface area contributed by atoms with Crippen LogP contribution in [-0.4, -0.2) is 29.5 Å². The van der Waals surface area contributed by atoms with Crippen molar-refractivity contribution in [2.75, 3.05) is 13.2 Å².